The van der Waals surface area contributed by atoms with E-state index in [1.54, 1.807) is 0 Å². The maximum Gasteiger partial charge on any atom is 0.147 e. The first-order valence-corrected chi connectivity index (χ1v) is 19.8. The van der Waals surface area contributed by atoms with Gasteiger partial charge in [-0.1, -0.05) is 170 Å². The van der Waals surface area contributed by atoms with E-state index in [9.17, 15) is 0 Å². The Balaban J connectivity index is 1.15. The number of hydrogen-bond acceptors (Lipinski definition) is 2. The van der Waals surface area contributed by atoms with E-state index in [0.29, 0.717) is 0 Å². The summed E-state index contributed by atoms with van der Waals surface area (Å²) in [6, 6.07) is 73.9. The van der Waals surface area contributed by atoms with Gasteiger partial charge >= 0.3 is 0 Å². The zero-order valence-corrected chi connectivity index (χ0v) is 31.4. The number of rotatable bonds is 5. The summed E-state index contributed by atoms with van der Waals surface area (Å²) in [6.45, 7) is 0. The van der Waals surface area contributed by atoms with E-state index < -0.39 is 0 Å². The van der Waals surface area contributed by atoms with Crippen molar-refractivity contribution in [2.45, 2.75) is 0 Å². The first kappa shape index (κ1) is 32.6. The molecule has 0 saturated carbocycles. The van der Waals surface area contributed by atoms with E-state index in [4.69, 9.17) is 8.83 Å². The van der Waals surface area contributed by atoms with Crippen LogP contribution in [0, 0.1) is 0 Å². The molecule has 0 amide bonds. The number of fused-ring (bicyclic) bond motifs is 9. The number of furan rings is 2. The van der Waals surface area contributed by atoms with Crippen molar-refractivity contribution < 1.29 is 8.83 Å². The van der Waals surface area contributed by atoms with E-state index in [1.165, 1.54) is 66.1 Å². The van der Waals surface area contributed by atoms with Crippen LogP contribution in [0.5, 0.6) is 0 Å². The van der Waals surface area contributed by atoms with E-state index in [2.05, 4.69) is 206 Å². The van der Waals surface area contributed by atoms with Crippen LogP contribution in [0.4, 0.5) is 0 Å². The molecule has 270 valence electrons. The van der Waals surface area contributed by atoms with Gasteiger partial charge in [-0.25, -0.2) is 0 Å². The third kappa shape index (κ3) is 5.05. The van der Waals surface area contributed by atoms with Gasteiger partial charge in [-0.05, 0) is 114 Å². The van der Waals surface area contributed by atoms with Gasteiger partial charge in [-0.15, -0.1) is 0 Å². The summed E-state index contributed by atoms with van der Waals surface area (Å²) in [6.07, 6.45) is 0. The van der Waals surface area contributed by atoms with Gasteiger partial charge in [0.2, 0.25) is 0 Å². The molecule has 0 aliphatic rings. The Hall–Kier alpha value is -7.68. The summed E-state index contributed by atoms with van der Waals surface area (Å²) in [5, 5.41) is 9.02. The quantitative estimate of drug-likeness (QED) is 0.164. The second kappa shape index (κ2) is 12.9. The Labute approximate surface area is 334 Å². The summed E-state index contributed by atoms with van der Waals surface area (Å²) < 4.78 is 13.5. The van der Waals surface area contributed by atoms with E-state index >= 15 is 0 Å². The van der Waals surface area contributed by atoms with Crippen molar-refractivity contribution in [2.24, 2.45) is 0 Å². The molecule has 0 fully saturated rings. The molecule has 12 rings (SSSR count). The van der Waals surface area contributed by atoms with Crippen LogP contribution in [0.25, 0.3) is 121 Å². The molecule has 0 atom stereocenters. The highest BCUT2D eigenvalue weighted by molar-refractivity contribution is 6.29. The monoisotopic (exact) mass is 738 g/mol. The van der Waals surface area contributed by atoms with E-state index in [1.807, 2.05) is 0 Å². The smallest absolute Gasteiger partial charge is 0.147 e. The highest BCUT2D eigenvalue weighted by Gasteiger charge is 2.23. The molecule has 2 heterocycles. The lowest BCUT2D eigenvalue weighted by molar-refractivity contribution is 0.663. The second-order valence-corrected chi connectivity index (χ2v) is 15.1. The van der Waals surface area contributed by atoms with Gasteiger partial charge in [0.05, 0.1) is 5.39 Å². The fraction of sp³-hybridized carbons (Fsp3) is 0. The molecule has 2 nitrogen and oxygen atoms in total. The lowest BCUT2D eigenvalue weighted by Crippen LogP contribution is -1.92. The maximum absolute atomic E-state index is 6.82. The zero-order valence-electron chi connectivity index (χ0n) is 31.4. The first-order valence-electron chi connectivity index (χ1n) is 19.8. The van der Waals surface area contributed by atoms with Crippen molar-refractivity contribution in [1.82, 2.24) is 0 Å². The minimum atomic E-state index is 0.811. The molecule has 0 aliphatic heterocycles. The molecular weight excluding hydrogens is 705 g/mol. The molecular formula is C56H34O2. The van der Waals surface area contributed by atoms with Gasteiger partial charge in [0, 0.05) is 16.2 Å². The Morgan fingerprint density at radius 2 is 0.724 bits per heavy atom. The van der Waals surface area contributed by atoms with Crippen molar-refractivity contribution >= 4 is 65.4 Å². The average Bonchev–Trinajstić information content (AvgIpc) is 3.87. The highest BCUT2D eigenvalue weighted by atomic mass is 16.3. The molecule has 0 N–H and O–H groups in total. The van der Waals surface area contributed by atoms with Gasteiger partial charge < -0.3 is 8.83 Å². The molecule has 2 aromatic heterocycles. The topological polar surface area (TPSA) is 26.3 Å². The molecule has 12 aromatic rings. The van der Waals surface area contributed by atoms with Crippen LogP contribution in [0.2, 0.25) is 0 Å². The normalized spacial score (nSPS) is 11.8. The van der Waals surface area contributed by atoms with Crippen LogP contribution < -0.4 is 0 Å². The number of benzene rings is 10. The fourth-order valence-corrected chi connectivity index (χ4v) is 9.20. The van der Waals surface area contributed by atoms with Crippen LogP contribution in [0.3, 0.4) is 0 Å². The third-order valence-corrected chi connectivity index (χ3v) is 11.9. The third-order valence-electron chi connectivity index (χ3n) is 11.9. The van der Waals surface area contributed by atoms with Crippen molar-refractivity contribution in [3.05, 3.63) is 206 Å². The average molecular weight is 739 g/mol. The van der Waals surface area contributed by atoms with Crippen LogP contribution in [0.1, 0.15) is 0 Å². The van der Waals surface area contributed by atoms with E-state index in [-0.39, 0.29) is 0 Å². The maximum atomic E-state index is 6.82. The van der Waals surface area contributed by atoms with Crippen LogP contribution in [-0.2, 0) is 0 Å². The summed E-state index contributed by atoms with van der Waals surface area (Å²) in [5.41, 5.74) is 15.2. The summed E-state index contributed by atoms with van der Waals surface area (Å²) in [7, 11) is 0. The van der Waals surface area contributed by atoms with Crippen molar-refractivity contribution in [3.63, 3.8) is 0 Å². The number of hydrogen-bond donors (Lipinski definition) is 0. The summed E-state index contributed by atoms with van der Waals surface area (Å²) in [5.74, 6) is 0. The highest BCUT2D eigenvalue weighted by Crippen LogP contribution is 2.49. The van der Waals surface area contributed by atoms with Gasteiger partial charge in [0.15, 0.2) is 0 Å². The SMILES string of the molecule is c1ccc(-c2ccc(-c3ccc4c(-c5ccccc5)c5ccccc5c(-c5cccc6oc7ccc8c9cc(-c%10ccccc%10)ccc9oc8c7c56)c4c3)cc2)cc1. The van der Waals surface area contributed by atoms with Crippen LogP contribution >= 0.6 is 0 Å². The Morgan fingerprint density at radius 3 is 1.43 bits per heavy atom. The molecule has 0 saturated heterocycles. The van der Waals surface area contributed by atoms with Crippen LogP contribution in [-0.4, -0.2) is 0 Å². The van der Waals surface area contributed by atoms with Crippen LogP contribution in [0.15, 0.2) is 215 Å². The lowest BCUT2D eigenvalue weighted by atomic mass is 9.84. The first-order chi connectivity index (χ1) is 28.8. The fourth-order valence-electron chi connectivity index (χ4n) is 9.20. The molecule has 0 bridgehead atoms. The molecule has 58 heavy (non-hydrogen) atoms. The minimum Gasteiger partial charge on any atom is -0.456 e. The summed E-state index contributed by atoms with van der Waals surface area (Å²) >= 11 is 0. The Bertz CT molecular complexity index is 3520. The Morgan fingerprint density at radius 1 is 0.241 bits per heavy atom. The van der Waals surface area contributed by atoms with Gasteiger partial charge in [-0.2, -0.15) is 0 Å². The molecule has 0 aliphatic carbocycles. The van der Waals surface area contributed by atoms with Crippen molar-refractivity contribution in [1.29, 1.82) is 0 Å². The summed E-state index contributed by atoms with van der Waals surface area (Å²) in [4.78, 5) is 0. The molecule has 0 spiro atoms. The largest absolute Gasteiger partial charge is 0.456 e. The predicted molar refractivity (Wildman–Crippen MR) is 243 cm³/mol. The van der Waals surface area contributed by atoms with Crippen molar-refractivity contribution in [2.75, 3.05) is 0 Å². The van der Waals surface area contributed by atoms with Crippen molar-refractivity contribution in [3.8, 4) is 55.6 Å². The molecule has 10 aromatic carbocycles. The standard InChI is InChI=1S/C56H34O2/c1-4-13-35(14-5-1)37-23-25-38(26-24-37)40-27-29-44-48(34-40)53(43-20-11-10-19-42(43)52(44)39-17-8-3-9-18-39)46-21-12-22-50-54(46)55-51(57-50)32-30-45-47-33-41(36-15-6-2-7-16-36)28-31-49(47)58-56(45)55/h1-34H. The predicted octanol–water partition coefficient (Wildman–Crippen LogP) is 16.1. The molecule has 0 unspecified atom stereocenters. The zero-order chi connectivity index (χ0) is 38.2. The van der Waals surface area contributed by atoms with E-state index in [0.717, 1.165) is 55.0 Å². The second-order valence-electron chi connectivity index (χ2n) is 15.1. The molecule has 2 heteroatoms. The van der Waals surface area contributed by atoms with Gasteiger partial charge in [0.25, 0.3) is 0 Å². The minimum absolute atomic E-state index is 0.811. The van der Waals surface area contributed by atoms with Gasteiger partial charge in [0.1, 0.15) is 22.3 Å². The molecule has 0 radical (unpaired) electrons. The van der Waals surface area contributed by atoms with Gasteiger partial charge in [-0.3, -0.25) is 0 Å². The Kier molecular flexibility index (Phi) is 7.26. The lowest BCUT2D eigenvalue weighted by Gasteiger charge is -2.19.